The summed E-state index contributed by atoms with van der Waals surface area (Å²) in [6.45, 7) is 1.42. The molecule has 0 saturated carbocycles. The summed E-state index contributed by atoms with van der Waals surface area (Å²) < 4.78 is 4.84. The number of ether oxygens (including phenoxy) is 1. The number of nitrogens with zero attached hydrogens (tertiary/aromatic N) is 3. The number of esters is 1. The Labute approximate surface area is 115 Å². The molecule has 0 fully saturated rings. The number of nitrogens with two attached hydrogens (primary N) is 1. The van der Waals surface area contributed by atoms with E-state index in [1.54, 1.807) is 0 Å². The van der Waals surface area contributed by atoms with Crippen LogP contribution in [0.25, 0.3) is 5.69 Å². The summed E-state index contributed by atoms with van der Waals surface area (Å²) in [4.78, 5) is 23.8. The van der Waals surface area contributed by atoms with Gasteiger partial charge >= 0.3 is 5.97 Å². The number of hydrogen-bond acceptors (Lipinski definition) is 5. The summed E-state index contributed by atoms with van der Waals surface area (Å²) in [7, 11) is 0. The molecule has 1 heterocycles. The van der Waals surface area contributed by atoms with E-state index >= 15 is 0 Å². The predicted octanol–water partition coefficient (Wildman–Crippen LogP) is 0.227. The smallest absolute Gasteiger partial charge is 0.312 e. The molecule has 1 amide bonds. The first-order valence-electron chi connectivity index (χ1n) is 6.01. The zero-order valence-electron chi connectivity index (χ0n) is 10.9. The van der Waals surface area contributed by atoms with Gasteiger partial charge in [-0.25, -0.2) is 0 Å². The molecule has 2 N–H and O–H groups in total. The first kappa shape index (κ1) is 13.7. The minimum atomic E-state index is -0.952. The lowest BCUT2D eigenvalue weighted by Crippen LogP contribution is -2.31. The van der Waals surface area contributed by atoms with Crippen molar-refractivity contribution in [3.05, 3.63) is 42.2 Å². The fraction of sp³-hybridized carbons (Fsp3) is 0.231. The highest BCUT2D eigenvalue weighted by molar-refractivity contribution is 5.82. The van der Waals surface area contributed by atoms with Gasteiger partial charge < -0.3 is 10.5 Å². The molecular formula is C13H14N4O3. The van der Waals surface area contributed by atoms with Crippen LogP contribution in [-0.2, 0) is 20.7 Å². The van der Waals surface area contributed by atoms with Crippen molar-refractivity contribution in [2.75, 3.05) is 0 Å². The van der Waals surface area contributed by atoms with Gasteiger partial charge in [-0.15, -0.1) is 0 Å². The molecule has 1 aromatic carbocycles. The summed E-state index contributed by atoms with van der Waals surface area (Å²) in [6.07, 6.45) is 0.458. The Bertz CT molecular complexity index is 609. The van der Waals surface area contributed by atoms with Gasteiger partial charge in [-0.1, -0.05) is 18.2 Å². The van der Waals surface area contributed by atoms with Crippen LogP contribution in [0.4, 0.5) is 0 Å². The van der Waals surface area contributed by atoms with Crippen LogP contribution < -0.4 is 5.73 Å². The molecule has 0 bridgehead atoms. The topological polar surface area (TPSA) is 100 Å². The van der Waals surface area contributed by atoms with Crippen molar-refractivity contribution >= 4 is 11.9 Å². The molecule has 0 saturated heterocycles. The molecule has 0 radical (unpaired) electrons. The first-order chi connectivity index (χ1) is 9.56. The van der Waals surface area contributed by atoms with Gasteiger partial charge in [0.1, 0.15) is 0 Å². The summed E-state index contributed by atoms with van der Waals surface area (Å²) in [5.41, 5.74) is 6.25. The number of hydrogen-bond donors (Lipinski definition) is 1. The van der Waals surface area contributed by atoms with Crippen molar-refractivity contribution in [3.63, 3.8) is 0 Å². The van der Waals surface area contributed by atoms with Crippen molar-refractivity contribution in [2.45, 2.75) is 19.4 Å². The lowest BCUT2D eigenvalue weighted by atomic mass is 10.3. The van der Waals surface area contributed by atoms with Gasteiger partial charge in [-0.3, -0.25) is 9.59 Å². The van der Waals surface area contributed by atoms with E-state index in [1.807, 2.05) is 30.3 Å². The number of aromatic nitrogens is 3. The normalized spacial score (nSPS) is 11.8. The van der Waals surface area contributed by atoms with Gasteiger partial charge in [0.05, 0.1) is 24.0 Å². The van der Waals surface area contributed by atoms with Crippen molar-refractivity contribution in [2.24, 2.45) is 5.73 Å². The molecule has 7 heteroatoms. The molecule has 7 nitrogen and oxygen atoms in total. The van der Waals surface area contributed by atoms with E-state index in [0.717, 1.165) is 5.69 Å². The standard InChI is InChI=1S/C13H14N4O3/c1-9(13(14)19)20-12(18)7-10-8-15-17(16-10)11-5-3-2-4-6-11/h2-6,8-9H,7H2,1H3,(H2,14,19)/t9-/m1/s1. The quantitative estimate of drug-likeness (QED) is 0.786. The number of carbonyl (C=O) groups is 2. The monoisotopic (exact) mass is 274 g/mol. The Balaban J connectivity index is 2.00. The van der Waals surface area contributed by atoms with E-state index in [0.29, 0.717) is 5.69 Å². The van der Waals surface area contributed by atoms with E-state index in [2.05, 4.69) is 10.2 Å². The Kier molecular flexibility index (Phi) is 4.09. The average Bonchev–Trinajstić information content (AvgIpc) is 2.88. The number of carbonyl (C=O) groups excluding carboxylic acids is 2. The van der Waals surface area contributed by atoms with Gasteiger partial charge in [0.2, 0.25) is 0 Å². The highest BCUT2D eigenvalue weighted by atomic mass is 16.5. The number of amides is 1. The van der Waals surface area contributed by atoms with Crippen LogP contribution in [0.5, 0.6) is 0 Å². The second kappa shape index (κ2) is 5.96. The van der Waals surface area contributed by atoms with Crippen LogP contribution in [0.15, 0.2) is 36.5 Å². The van der Waals surface area contributed by atoms with E-state index < -0.39 is 18.0 Å². The zero-order chi connectivity index (χ0) is 14.5. The second-order valence-electron chi connectivity index (χ2n) is 4.17. The number of benzene rings is 1. The fourth-order valence-electron chi connectivity index (χ4n) is 1.51. The lowest BCUT2D eigenvalue weighted by molar-refractivity contribution is -0.153. The van der Waals surface area contributed by atoms with E-state index in [9.17, 15) is 9.59 Å². The number of para-hydroxylation sites is 1. The first-order valence-corrected chi connectivity index (χ1v) is 6.01. The molecule has 2 aromatic rings. The second-order valence-corrected chi connectivity index (χ2v) is 4.17. The van der Waals surface area contributed by atoms with Crippen LogP contribution in [0.3, 0.4) is 0 Å². The highest BCUT2D eigenvalue weighted by Gasteiger charge is 2.16. The van der Waals surface area contributed by atoms with Gasteiger partial charge in [0.25, 0.3) is 5.91 Å². The Morgan fingerprint density at radius 1 is 1.35 bits per heavy atom. The van der Waals surface area contributed by atoms with Crippen LogP contribution >= 0.6 is 0 Å². The molecule has 20 heavy (non-hydrogen) atoms. The third kappa shape index (κ3) is 3.41. The maximum Gasteiger partial charge on any atom is 0.312 e. The number of primary amides is 1. The van der Waals surface area contributed by atoms with E-state index in [4.69, 9.17) is 10.5 Å². The Morgan fingerprint density at radius 3 is 2.70 bits per heavy atom. The molecule has 0 unspecified atom stereocenters. The highest BCUT2D eigenvalue weighted by Crippen LogP contribution is 2.05. The van der Waals surface area contributed by atoms with Crippen molar-refractivity contribution in [1.29, 1.82) is 0 Å². The largest absolute Gasteiger partial charge is 0.452 e. The van der Waals surface area contributed by atoms with Crippen molar-refractivity contribution in [1.82, 2.24) is 15.0 Å². The lowest BCUT2D eigenvalue weighted by Gasteiger charge is -2.08. The van der Waals surface area contributed by atoms with Gasteiger partial charge in [-0.05, 0) is 19.1 Å². The predicted molar refractivity (Wildman–Crippen MR) is 69.8 cm³/mol. The zero-order valence-corrected chi connectivity index (χ0v) is 10.9. The minimum Gasteiger partial charge on any atom is -0.452 e. The minimum absolute atomic E-state index is 0.0650. The summed E-state index contributed by atoms with van der Waals surface area (Å²) in [6, 6.07) is 9.30. The SMILES string of the molecule is C[C@@H](OC(=O)Cc1cnn(-c2ccccc2)n1)C(N)=O. The Morgan fingerprint density at radius 2 is 2.05 bits per heavy atom. The van der Waals surface area contributed by atoms with E-state index in [1.165, 1.54) is 17.9 Å². The molecule has 0 aliphatic rings. The maximum atomic E-state index is 11.6. The molecule has 0 spiro atoms. The van der Waals surface area contributed by atoms with Crippen molar-refractivity contribution in [3.8, 4) is 5.69 Å². The van der Waals surface area contributed by atoms with Gasteiger partial charge in [0.15, 0.2) is 6.10 Å². The third-order valence-electron chi connectivity index (χ3n) is 2.56. The summed E-state index contributed by atoms with van der Waals surface area (Å²) >= 11 is 0. The van der Waals surface area contributed by atoms with Crippen LogP contribution in [0.1, 0.15) is 12.6 Å². The molecule has 0 aliphatic heterocycles. The summed E-state index contributed by atoms with van der Waals surface area (Å²) in [5.74, 6) is -1.26. The molecule has 1 atom stereocenters. The summed E-state index contributed by atoms with van der Waals surface area (Å²) in [5, 5.41) is 8.22. The molecule has 2 rings (SSSR count). The van der Waals surface area contributed by atoms with Crippen LogP contribution in [0.2, 0.25) is 0 Å². The van der Waals surface area contributed by atoms with Crippen LogP contribution in [-0.4, -0.2) is 33.0 Å². The molecular weight excluding hydrogens is 260 g/mol. The number of rotatable bonds is 5. The van der Waals surface area contributed by atoms with Gasteiger partial charge in [-0.2, -0.15) is 15.0 Å². The van der Waals surface area contributed by atoms with E-state index in [-0.39, 0.29) is 6.42 Å². The maximum absolute atomic E-state index is 11.6. The fourth-order valence-corrected chi connectivity index (χ4v) is 1.51. The average molecular weight is 274 g/mol. The molecule has 0 aliphatic carbocycles. The molecule has 1 aromatic heterocycles. The third-order valence-corrected chi connectivity index (χ3v) is 2.56. The van der Waals surface area contributed by atoms with Gasteiger partial charge in [0, 0.05) is 0 Å². The van der Waals surface area contributed by atoms with Crippen LogP contribution in [0, 0.1) is 0 Å². The van der Waals surface area contributed by atoms with Crippen molar-refractivity contribution < 1.29 is 14.3 Å². The Hall–Kier alpha value is -2.70. The molecule has 104 valence electrons.